The Morgan fingerprint density at radius 3 is 2.48 bits per heavy atom. The van der Waals surface area contributed by atoms with Gasteiger partial charge in [-0.05, 0) is 49.2 Å². The zero-order chi connectivity index (χ0) is 22.9. The second-order valence-corrected chi connectivity index (χ2v) is 9.49. The zero-order valence-electron chi connectivity index (χ0n) is 17.6. The Hall–Kier alpha value is -3.17. The topological polar surface area (TPSA) is 95.8 Å². The number of hydrogen-bond donors (Lipinski definition) is 1. The molecule has 0 radical (unpaired) electrons. The average molecular weight is 485 g/mol. The number of piperazine rings is 1. The number of amides is 3. The Morgan fingerprint density at radius 2 is 1.79 bits per heavy atom. The molecule has 1 fully saturated rings. The van der Waals surface area contributed by atoms with Crippen molar-refractivity contribution in [3.8, 4) is 0 Å². The van der Waals surface area contributed by atoms with E-state index in [1.54, 1.807) is 46.2 Å². The van der Waals surface area contributed by atoms with Crippen molar-refractivity contribution in [1.82, 2.24) is 14.8 Å². The molecule has 3 amide bonds. The van der Waals surface area contributed by atoms with Crippen LogP contribution in [-0.4, -0.2) is 58.7 Å². The van der Waals surface area contributed by atoms with Crippen molar-refractivity contribution >= 4 is 45.8 Å². The van der Waals surface area contributed by atoms with E-state index in [0.717, 1.165) is 17.0 Å². The first-order valence-corrected chi connectivity index (χ1v) is 11.9. The number of fused-ring (bicyclic) bond motifs is 1. The fourth-order valence-corrected chi connectivity index (χ4v) is 5.36. The molecule has 0 saturated carbocycles. The number of rotatable bonds is 4. The minimum atomic E-state index is -0.315. The molecule has 170 valence electrons. The first kappa shape index (κ1) is 21.7. The van der Waals surface area contributed by atoms with E-state index in [4.69, 9.17) is 16.0 Å². The van der Waals surface area contributed by atoms with Crippen molar-refractivity contribution in [2.75, 3.05) is 31.5 Å². The van der Waals surface area contributed by atoms with Crippen LogP contribution in [0.3, 0.4) is 0 Å². The predicted molar refractivity (Wildman–Crippen MR) is 124 cm³/mol. The third kappa shape index (κ3) is 4.38. The zero-order valence-corrected chi connectivity index (χ0v) is 19.2. The van der Waals surface area contributed by atoms with Gasteiger partial charge in [-0.1, -0.05) is 11.6 Å². The SMILES string of the molecule is O=C(Nc1nc2c(s1)CCC2C(=O)N1CCN(C(=O)c2ccco2)CC1)c1ccc(Cl)cc1. The smallest absolute Gasteiger partial charge is 0.289 e. The molecule has 2 aliphatic rings. The highest BCUT2D eigenvalue weighted by Gasteiger charge is 2.37. The van der Waals surface area contributed by atoms with Crippen LogP contribution in [-0.2, 0) is 11.2 Å². The van der Waals surface area contributed by atoms with E-state index in [0.29, 0.717) is 54.1 Å². The van der Waals surface area contributed by atoms with Crippen molar-refractivity contribution in [2.24, 2.45) is 0 Å². The number of hydrogen-bond acceptors (Lipinski definition) is 6. The second kappa shape index (κ2) is 8.99. The molecule has 10 heteroatoms. The molecule has 3 aromatic rings. The molecule has 33 heavy (non-hydrogen) atoms. The van der Waals surface area contributed by atoms with E-state index in [2.05, 4.69) is 10.3 Å². The minimum absolute atomic E-state index is 0.0275. The normalized spacial score (nSPS) is 17.7. The molecule has 0 spiro atoms. The third-order valence-electron chi connectivity index (χ3n) is 5.95. The van der Waals surface area contributed by atoms with Gasteiger partial charge in [-0.15, -0.1) is 11.3 Å². The number of aromatic nitrogens is 1. The Morgan fingerprint density at radius 1 is 1.06 bits per heavy atom. The van der Waals surface area contributed by atoms with Crippen LogP contribution in [0.15, 0.2) is 47.1 Å². The van der Waals surface area contributed by atoms with Crippen LogP contribution in [0, 0.1) is 0 Å². The maximum absolute atomic E-state index is 13.2. The fourth-order valence-electron chi connectivity index (χ4n) is 4.20. The van der Waals surface area contributed by atoms with Crippen molar-refractivity contribution < 1.29 is 18.8 Å². The van der Waals surface area contributed by atoms with Gasteiger partial charge in [-0.25, -0.2) is 4.98 Å². The van der Waals surface area contributed by atoms with Crippen LogP contribution >= 0.6 is 22.9 Å². The van der Waals surface area contributed by atoms with E-state index in [9.17, 15) is 14.4 Å². The lowest BCUT2D eigenvalue weighted by Gasteiger charge is -2.35. The maximum atomic E-state index is 13.2. The molecule has 1 aliphatic heterocycles. The summed E-state index contributed by atoms with van der Waals surface area (Å²) in [6, 6.07) is 9.96. The van der Waals surface area contributed by atoms with E-state index >= 15 is 0 Å². The molecule has 1 saturated heterocycles. The van der Waals surface area contributed by atoms with Gasteiger partial charge in [0.25, 0.3) is 11.8 Å². The van der Waals surface area contributed by atoms with Crippen molar-refractivity contribution in [3.63, 3.8) is 0 Å². The van der Waals surface area contributed by atoms with Crippen LogP contribution in [0.4, 0.5) is 5.13 Å². The fraction of sp³-hybridized carbons (Fsp3) is 0.304. The number of carbonyl (C=O) groups excluding carboxylic acids is 3. The number of furan rings is 1. The van der Waals surface area contributed by atoms with Crippen LogP contribution in [0.2, 0.25) is 5.02 Å². The summed E-state index contributed by atoms with van der Waals surface area (Å²) in [5.41, 5.74) is 1.25. The van der Waals surface area contributed by atoms with Crippen molar-refractivity contribution in [3.05, 3.63) is 69.6 Å². The molecule has 1 aromatic carbocycles. The van der Waals surface area contributed by atoms with Gasteiger partial charge in [-0.2, -0.15) is 0 Å². The lowest BCUT2D eigenvalue weighted by atomic mass is 10.1. The first-order chi connectivity index (χ1) is 16.0. The number of nitrogens with zero attached hydrogens (tertiary/aromatic N) is 3. The highest BCUT2D eigenvalue weighted by molar-refractivity contribution is 7.16. The van der Waals surface area contributed by atoms with E-state index in [1.807, 2.05) is 0 Å². The summed E-state index contributed by atoms with van der Waals surface area (Å²) in [5.74, 6) is -0.398. The van der Waals surface area contributed by atoms with Crippen LogP contribution < -0.4 is 5.32 Å². The number of aryl methyl sites for hydroxylation is 1. The number of carbonyl (C=O) groups is 3. The average Bonchev–Trinajstić information content (AvgIpc) is 3.56. The summed E-state index contributed by atoms with van der Waals surface area (Å²) in [6.07, 6.45) is 2.95. The maximum Gasteiger partial charge on any atom is 0.289 e. The molecule has 3 heterocycles. The van der Waals surface area contributed by atoms with Gasteiger partial charge in [0, 0.05) is 41.6 Å². The summed E-state index contributed by atoms with van der Waals surface area (Å²) in [4.78, 5) is 47.3. The Bertz CT molecular complexity index is 1180. The Balaban J connectivity index is 1.21. The second-order valence-electron chi connectivity index (χ2n) is 7.97. The predicted octanol–water partition coefficient (Wildman–Crippen LogP) is 3.66. The summed E-state index contributed by atoms with van der Waals surface area (Å²) in [7, 11) is 0. The number of benzene rings is 1. The van der Waals surface area contributed by atoms with Gasteiger partial charge in [0.05, 0.1) is 17.9 Å². The molecule has 1 atom stereocenters. The molecule has 8 nitrogen and oxygen atoms in total. The van der Waals surface area contributed by atoms with Crippen LogP contribution in [0.5, 0.6) is 0 Å². The lowest BCUT2D eigenvalue weighted by Crippen LogP contribution is -2.51. The number of nitrogens with one attached hydrogen (secondary N) is 1. The van der Waals surface area contributed by atoms with Crippen LogP contribution in [0.1, 0.15) is 43.8 Å². The molecular formula is C23H21ClN4O4S. The van der Waals surface area contributed by atoms with Gasteiger partial charge in [0.15, 0.2) is 10.9 Å². The molecule has 1 unspecified atom stereocenters. The standard InChI is InChI=1S/C23H21ClN4O4S/c24-15-5-3-14(4-6-15)20(29)26-23-25-19-16(7-8-18(19)33-23)21(30)27-9-11-28(12-10-27)22(31)17-2-1-13-32-17/h1-6,13,16H,7-12H2,(H,25,26,29). The molecule has 0 bridgehead atoms. The minimum Gasteiger partial charge on any atom is -0.459 e. The molecule has 1 aliphatic carbocycles. The molecule has 5 rings (SSSR count). The number of thiazole rings is 1. The molecular weight excluding hydrogens is 464 g/mol. The number of halogens is 1. The largest absolute Gasteiger partial charge is 0.459 e. The molecule has 1 N–H and O–H groups in total. The summed E-state index contributed by atoms with van der Waals surface area (Å²) in [5, 5.41) is 3.88. The number of anilines is 1. The Labute approximate surface area is 199 Å². The summed E-state index contributed by atoms with van der Waals surface area (Å²) in [6.45, 7) is 1.87. The lowest BCUT2D eigenvalue weighted by molar-refractivity contribution is -0.134. The van der Waals surface area contributed by atoms with Crippen molar-refractivity contribution in [1.29, 1.82) is 0 Å². The van der Waals surface area contributed by atoms with Gasteiger partial charge in [0.2, 0.25) is 5.91 Å². The van der Waals surface area contributed by atoms with E-state index in [1.165, 1.54) is 17.6 Å². The van der Waals surface area contributed by atoms with E-state index < -0.39 is 0 Å². The van der Waals surface area contributed by atoms with Crippen molar-refractivity contribution in [2.45, 2.75) is 18.8 Å². The van der Waals surface area contributed by atoms with E-state index in [-0.39, 0.29) is 23.6 Å². The summed E-state index contributed by atoms with van der Waals surface area (Å²) < 4.78 is 5.19. The van der Waals surface area contributed by atoms with Gasteiger partial charge < -0.3 is 14.2 Å². The highest BCUT2D eigenvalue weighted by atomic mass is 35.5. The van der Waals surface area contributed by atoms with Crippen LogP contribution in [0.25, 0.3) is 0 Å². The Kier molecular flexibility index (Phi) is 5.90. The molecule has 2 aromatic heterocycles. The summed E-state index contributed by atoms with van der Waals surface area (Å²) >= 11 is 7.30. The van der Waals surface area contributed by atoms with Gasteiger partial charge in [-0.3, -0.25) is 19.7 Å². The monoisotopic (exact) mass is 484 g/mol. The third-order valence-corrected chi connectivity index (χ3v) is 7.25. The first-order valence-electron chi connectivity index (χ1n) is 10.7. The van der Waals surface area contributed by atoms with Gasteiger partial charge in [0.1, 0.15) is 0 Å². The van der Waals surface area contributed by atoms with Gasteiger partial charge >= 0.3 is 0 Å². The quantitative estimate of drug-likeness (QED) is 0.609. The highest BCUT2D eigenvalue weighted by Crippen LogP contribution is 2.39.